The van der Waals surface area contributed by atoms with E-state index in [-0.39, 0.29) is 0 Å². The average molecular weight is 353 g/mol. The van der Waals surface area contributed by atoms with Gasteiger partial charge in [-0.2, -0.15) is 0 Å². The SMILES string of the molecule is Cc1ccc(C(CN)N(C)C2CCC(C)(C)CC2)c(Br)c1. The number of halogens is 1. The van der Waals surface area contributed by atoms with Gasteiger partial charge in [0.2, 0.25) is 0 Å². The third kappa shape index (κ3) is 4.08. The fourth-order valence-electron chi connectivity index (χ4n) is 3.46. The van der Waals surface area contributed by atoms with Gasteiger partial charge in [-0.05, 0) is 62.3 Å². The third-order valence-corrected chi connectivity index (χ3v) is 5.80. The molecule has 2 rings (SSSR count). The lowest BCUT2D eigenvalue weighted by molar-refractivity contribution is 0.0964. The Morgan fingerprint density at radius 3 is 2.48 bits per heavy atom. The maximum atomic E-state index is 6.11. The van der Waals surface area contributed by atoms with Crippen LogP contribution in [-0.2, 0) is 0 Å². The summed E-state index contributed by atoms with van der Waals surface area (Å²) in [5, 5.41) is 0. The summed E-state index contributed by atoms with van der Waals surface area (Å²) < 4.78 is 1.18. The first-order valence-electron chi connectivity index (χ1n) is 8.02. The third-order valence-electron chi connectivity index (χ3n) is 5.11. The highest BCUT2D eigenvalue weighted by Crippen LogP contribution is 2.39. The predicted octanol–water partition coefficient (Wildman–Crippen LogP) is 4.66. The molecule has 0 radical (unpaired) electrons. The smallest absolute Gasteiger partial charge is 0.0481 e. The van der Waals surface area contributed by atoms with E-state index in [1.54, 1.807) is 0 Å². The van der Waals surface area contributed by atoms with Gasteiger partial charge in [0.15, 0.2) is 0 Å². The second-order valence-corrected chi connectivity index (χ2v) is 8.19. The molecule has 1 aliphatic carbocycles. The van der Waals surface area contributed by atoms with E-state index in [0.29, 0.717) is 24.0 Å². The number of hydrogen-bond donors (Lipinski definition) is 1. The second kappa shape index (κ2) is 6.80. The van der Waals surface area contributed by atoms with Gasteiger partial charge >= 0.3 is 0 Å². The van der Waals surface area contributed by atoms with Crippen LogP contribution in [-0.4, -0.2) is 24.5 Å². The van der Waals surface area contributed by atoms with E-state index in [1.807, 2.05) is 0 Å². The summed E-state index contributed by atoms with van der Waals surface area (Å²) in [6.07, 6.45) is 5.19. The Labute approximate surface area is 138 Å². The Kier molecular flexibility index (Phi) is 5.50. The molecule has 1 fully saturated rings. The molecule has 1 aromatic carbocycles. The van der Waals surface area contributed by atoms with E-state index in [0.717, 1.165) is 0 Å². The minimum atomic E-state index is 0.297. The maximum Gasteiger partial charge on any atom is 0.0481 e. The Bertz CT molecular complexity index is 474. The second-order valence-electron chi connectivity index (χ2n) is 7.34. The Morgan fingerprint density at radius 1 is 1.33 bits per heavy atom. The largest absolute Gasteiger partial charge is 0.329 e. The Hall–Kier alpha value is -0.380. The van der Waals surface area contributed by atoms with Crippen LogP contribution in [0.5, 0.6) is 0 Å². The van der Waals surface area contributed by atoms with E-state index in [4.69, 9.17) is 5.73 Å². The van der Waals surface area contributed by atoms with Crippen LogP contribution in [0.4, 0.5) is 0 Å². The highest BCUT2D eigenvalue weighted by molar-refractivity contribution is 9.10. The van der Waals surface area contributed by atoms with Crippen molar-refractivity contribution in [1.29, 1.82) is 0 Å². The predicted molar refractivity (Wildman–Crippen MR) is 94.5 cm³/mol. The van der Waals surface area contributed by atoms with E-state index < -0.39 is 0 Å². The normalized spacial score (nSPS) is 20.7. The molecule has 0 bridgehead atoms. The van der Waals surface area contributed by atoms with Crippen molar-refractivity contribution in [2.75, 3.05) is 13.6 Å². The molecule has 0 heterocycles. The molecule has 1 unspecified atom stereocenters. The molecule has 1 aromatic rings. The molecule has 118 valence electrons. The van der Waals surface area contributed by atoms with Crippen LogP contribution in [0.25, 0.3) is 0 Å². The first-order valence-corrected chi connectivity index (χ1v) is 8.81. The number of nitrogens with two attached hydrogens (primary N) is 1. The molecule has 2 nitrogen and oxygen atoms in total. The van der Waals surface area contributed by atoms with Crippen LogP contribution in [0.3, 0.4) is 0 Å². The van der Waals surface area contributed by atoms with Crippen molar-refractivity contribution in [3.8, 4) is 0 Å². The minimum Gasteiger partial charge on any atom is -0.329 e. The van der Waals surface area contributed by atoms with Crippen molar-refractivity contribution < 1.29 is 0 Å². The van der Waals surface area contributed by atoms with Crippen molar-refractivity contribution in [3.63, 3.8) is 0 Å². The van der Waals surface area contributed by atoms with Crippen LogP contribution in [0.2, 0.25) is 0 Å². The number of aryl methyl sites for hydroxylation is 1. The van der Waals surface area contributed by atoms with Crippen LogP contribution in [0, 0.1) is 12.3 Å². The van der Waals surface area contributed by atoms with Crippen molar-refractivity contribution in [1.82, 2.24) is 4.90 Å². The van der Waals surface area contributed by atoms with E-state index in [9.17, 15) is 0 Å². The first-order chi connectivity index (χ1) is 9.84. The van der Waals surface area contributed by atoms with Gasteiger partial charge < -0.3 is 5.73 Å². The van der Waals surface area contributed by atoms with Gasteiger partial charge in [0.25, 0.3) is 0 Å². The fraction of sp³-hybridized carbons (Fsp3) is 0.667. The van der Waals surface area contributed by atoms with Crippen LogP contribution in [0.15, 0.2) is 22.7 Å². The molecular formula is C18H29BrN2. The molecule has 0 spiro atoms. The fourth-order valence-corrected chi connectivity index (χ4v) is 4.22. The topological polar surface area (TPSA) is 29.3 Å². The lowest BCUT2D eigenvalue weighted by Gasteiger charge is -2.42. The highest BCUT2D eigenvalue weighted by Gasteiger charge is 2.31. The van der Waals surface area contributed by atoms with Gasteiger partial charge in [-0.3, -0.25) is 4.90 Å². The monoisotopic (exact) mass is 352 g/mol. The number of hydrogen-bond acceptors (Lipinski definition) is 2. The van der Waals surface area contributed by atoms with Crippen LogP contribution < -0.4 is 5.73 Å². The molecule has 3 heteroatoms. The van der Waals surface area contributed by atoms with Gasteiger partial charge in [-0.15, -0.1) is 0 Å². The van der Waals surface area contributed by atoms with Gasteiger partial charge in [-0.25, -0.2) is 0 Å². The molecule has 1 aliphatic rings. The van der Waals surface area contributed by atoms with Gasteiger partial charge in [-0.1, -0.05) is 41.9 Å². The molecule has 0 amide bonds. The summed E-state index contributed by atoms with van der Waals surface area (Å²) in [5.41, 5.74) is 9.22. The quantitative estimate of drug-likeness (QED) is 0.853. The molecular weight excluding hydrogens is 324 g/mol. The van der Waals surface area contributed by atoms with Gasteiger partial charge in [0.1, 0.15) is 0 Å². The zero-order chi connectivity index (χ0) is 15.6. The van der Waals surface area contributed by atoms with Crippen molar-refractivity contribution >= 4 is 15.9 Å². The van der Waals surface area contributed by atoms with E-state index >= 15 is 0 Å². The molecule has 0 aliphatic heterocycles. The Morgan fingerprint density at radius 2 is 1.95 bits per heavy atom. The highest BCUT2D eigenvalue weighted by atomic mass is 79.9. The van der Waals surface area contributed by atoms with Crippen molar-refractivity contribution in [2.24, 2.45) is 11.1 Å². The van der Waals surface area contributed by atoms with Crippen LogP contribution in [0.1, 0.15) is 56.7 Å². The van der Waals surface area contributed by atoms with Crippen molar-refractivity contribution in [2.45, 2.75) is 58.5 Å². The molecule has 1 atom stereocenters. The zero-order valence-electron chi connectivity index (χ0n) is 13.8. The van der Waals surface area contributed by atoms with Crippen LogP contribution >= 0.6 is 15.9 Å². The standard InChI is InChI=1S/C18H29BrN2/c1-13-5-6-15(16(19)11-13)17(12-20)21(4)14-7-9-18(2,3)10-8-14/h5-6,11,14,17H,7-10,12,20H2,1-4H3. The lowest BCUT2D eigenvalue weighted by Crippen LogP contribution is -2.42. The minimum absolute atomic E-state index is 0.297. The summed E-state index contributed by atoms with van der Waals surface area (Å²) in [6.45, 7) is 7.57. The van der Waals surface area contributed by atoms with E-state index in [2.05, 4.69) is 66.8 Å². The summed E-state index contributed by atoms with van der Waals surface area (Å²) >= 11 is 3.72. The molecule has 0 aromatic heterocycles. The average Bonchev–Trinajstić information content (AvgIpc) is 2.41. The van der Waals surface area contributed by atoms with Gasteiger partial charge in [0, 0.05) is 23.1 Å². The maximum absolute atomic E-state index is 6.11. The van der Waals surface area contributed by atoms with E-state index in [1.165, 1.54) is 41.3 Å². The lowest BCUT2D eigenvalue weighted by atomic mass is 9.75. The molecule has 1 saturated carbocycles. The number of benzene rings is 1. The number of likely N-dealkylation sites (N-methyl/N-ethyl adjacent to an activating group) is 1. The van der Waals surface area contributed by atoms with Crippen molar-refractivity contribution in [3.05, 3.63) is 33.8 Å². The summed E-state index contributed by atoms with van der Waals surface area (Å²) in [7, 11) is 2.24. The van der Waals surface area contributed by atoms with Gasteiger partial charge in [0.05, 0.1) is 0 Å². The summed E-state index contributed by atoms with van der Waals surface area (Å²) in [5.74, 6) is 0. The summed E-state index contributed by atoms with van der Waals surface area (Å²) in [6, 6.07) is 7.54. The zero-order valence-corrected chi connectivity index (χ0v) is 15.4. The molecule has 21 heavy (non-hydrogen) atoms. The molecule has 0 saturated heterocycles. The number of rotatable bonds is 4. The first kappa shape index (κ1) is 17.0. The number of nitrogens with zero attached hydrogens (tertiary/aromatic N) is 1. The summed E-state index contributed by atoms with van der Waals surface area (Å²) in [4.78, 5) is 2.50. The molecule has 2 N–H and O–H groups in total. The Balaban J connectivity index is 2.13.